The van der Waals surface area contributed by atoms with Crippen molar-refractivity contribution in [2.24, 2.45) is 0 Å². The predicted octanol–water partition coefficient (Wildman–Crippen LogP) is 3.24. The van der Waals surface area contributed by atoms with Crippen LogP contribution >= 0.6 is 11.6 Å². The maximum absolute atomic E-state index is 5.92. The Bertz CT molecular complexity index is 745. The van der Waals surface area contributed by atoms with E-state index in [1.165, 1.54) is 0 Å². The minimum Gasteiger partial charge on any atom is -0.365 e. The van der Waals surface area contributed by atoms with Gasteiger partial charge in [0.2, 0.25) is 5.28 Å². The van der Waals surface area contributed by atoms with Crippen molar-refractivity contribution in [2.75, 3.05) is 5.32 Å². The molecule has 0 aliphatic rings. The molecule has 0 fully saturated rings. The van der Waals surface area contributed by atoms with Gasteiger partial charge in [0, 0.05) is 24.1 Å². The normalized spacial score (nSPS) is 10.9. The summed E-state index contributed by atoms with van der Waals surface area (Å²) >= 11 is 5.92. The second kappa shape index (κ2) is 5.09. The van der Waals surface area contributed by atoms with Gasteiger partial charge in [-0.1, -0.05) is 0 Å². The van der Waals surface area contributed by atoms with Crippen LogP contribution in [-0.2, 0) is 6.54 Å². The van der Waals surface area contributed by atoms with Crippen LogP contribution in [0.3, 0.4) is 0 Å². The molecule has 5 nitrogen and oxygen atoms in total. The van der Waals surface area contributed by atoms with E-state index in [1.807, 2.05) is 26.1 Å². The summed E-state index contributed by atoms with van der Waals surface area (Å²) in [7, 11) is 0. The monoisotopic (exact) mass is 287 g/mol. The topological polar surface area (TPSA) is 66.5 Å². The number of rotatable bonds is 3. The number of fused-ring (bicyclic) bond motifs is 1. The van der Waals surface area contributed by atoms with Crippen LogP contribution in [0.5, 0.6) is 0 Å². The molecule has 0 amide bonds. The van der Waals surface area contributed by atoms with E-state index >= 15 is 0 Å². The van der Waals surface area contributed by atoms with E-state index in [0.29, 0.717) is 6.54 Å². The molecular formula is C14H14ClN5. The second-order valence-electron chi connectivity index (χ2n) is 4.69. The van der Waals surface area contributed by atoms with E-state index < -0.39 is 0 Å². The highest BCUT2D eigenvalue weighted by atomic mass is 35.5. The SMILES string of the molecule is Cc1cc(CNc2nc(Cl)nc3[nH]ccc23)cc(C)n1. The zero-order valence-electron chi connectivity index (χ0n) is 11.2. The van der Waals surface area contributed by atoms with E-state index in [0.717, 1.165) is 33.8 Å². The van der Waals surface area contributed by atoms with Crippen LogP contribution < -0.4 is 5.32 Å². The summed E-state index contributed by atoms with van der Waals surface area (Å²) in [5.74, 6) is 0.730. The quantitative estimate of drug-likeness (QED) is 0.726. The fraction of sp³-hybridized carbons (Fsp3) is 0.214. The summed E-state index contributed by atoms with van der Waals surface area (Å²) in [6.45, 7) is 4.64. The Balaban J connectivity index is 1.88. The summed E-state index contributed by atoms with van der Waals surface area (Å²) < 4.78 is 0. The first-order chi connectivity index (χ1) is 9.61. The van der Waals surface area contributed by atoms with Crippen molar-refractivity contribution >= 4 is 28.5 Å². The van der Waals surface area contributed by atoms with E-state index in [-0.39, 0.29) is 5.28 Å². The molecule has 0 unspecified atom stereocenters. The molecule has 3 aromatic rings. The average Bonchev–Trinajstić information content (AvgIpc) is 2.82. The summed E-state index contributed by atoms with van der Waals surface area (Å²) in [5, 5.41) is 4.46. The van der Waals surface area contributed by atoms with Gasteiger partial charge in [0.05, 0.1) is 5.39 Å². The fourth-order valence-electron chi connectivity index (χ4n) is 2.26. The second-order valence-corrected chi connectivity index (χ2v) is 5.03. The third kappa shape index (κ3) is 2.58. The molecule has 6 heteroatoms. The van der Waals surface area contributed by atoms with Crippen LogP contribution in [0, 0.1) is 13.8 Å². The Kier molecular flexibility index (Phi) is 3.28. The molecule has 3 rings (SSSR count). The molecule has 20 heavy (non-hydrogen) atoms. The number of aromatic amines is 1. The number of aryl methyl sites for hydroxylation is 2. The van der Waals surface area contributed by atoms with Crippen molar-refractivity contribution in [2.45, 2.75) is 20.4 Å². The Morgan fingerprint density at radius 3 is 2.65 bits per heavy atom. The zero-order chi connectivity index (χ0) is 14.1. The summed E-state index contributed by atoms with van der Waals surface area (Å²) in [6.07, 6.45) is 1.82. The van der Waals surface area contributed by atoms with Crippen LogP contribution in [0.2, 0.25) is 5.28 Å². The van der Waals surface area contributed by atoms with Crippen LogP contribution in [-0.4, -0.2) is 19.9 Å². The first-order valence-electron chi connectivity index (χ1n) is 6.30. The van der Waals surface area contributed by atoms with Crippen molar-refractivity contribution in [3.05, 3.63) is 46.6 Å². The van der Waals surface area contributed by atoms with E-state index in [1.54, 1.807) is 0 Å². The van der Waals surface area contributed by atoms with Crippen molar-refractivity contribution < 1.29 is 0 Å². The van der Waals surface area contributed by atoms with Gasteiger partial charge in [0.1, 0.15) is 11.5 Å². The molecule has 3 aromatic heterocycles. The number of hydrogen-bond acceptors (Lipinski definition) is 4. The van der Waals surface area contributed by atoms with Gasteiger partial charge in [0.25, 0.3) is 0 Å². The molecule has 0 atom stereocenters. The number of hydrogen-bond donors (Lipinski definition) is 2. The van der Waals surface area contributed by atoms with Gasteiger partial charge in [-0.15, -0.1) is 0 Å². The van der Waals surface area contributed by atoms with Crippen molar-refractivity contribution in [1.82, 2.24) is 19.9 Å². The van der Waals surface area contributed by atoms with E-state index in [4.69, 9.17) is 11.6 Å². The van der Waals surface area contributed by atoms with Crippen LogP contribution in [0.25, 0.3) is 11.0 Å². The number of H-pyrrole nitrogens is 1. The smallest absolute Gasteiger partial charge is 0.226 e. The lowest BCUT2D eigenvalue weighted by molar-refractivity contribution is 1.04. The maximum Gasteiger partial charge on any atom is 0.226 e. The van der Waals surface area contributed by atoms with Gasteiger partial charge in [0.15, 0.2) is 0 Å². The van der Waals surface area contributed by atoms with Gasteiger partial charge in [-0.05, 0) is 49.2 Å². The molecule has 0 aliphatic heterocycles. The highest BCUT2D eigenvalue weighted by Gasteiger charge is 2.07. The minimum atomic E-state index is 0.226. The van der Waals surface area contributed by atoms with Crippen LogP contribution in [0.4, 0.5) is 5.82 Å². The fourth-order valence-corrected chi connectivity index (χ4v) is 2.43. The zero-order valence-corrected chi connectivity index (χ0v) is 12.0. The maximum atomic E-state index is 5.92. The number of anilines is 1. The molecule has 3 heterocycles. The molecule has 0 saturated heterocycles. The Hall–Kier alpha value is -2.14. The highest BCUT2D eigenvalue weighted by Crippen LogP contribution is 2.21. The Morgan fingerprint density at radius 1 is 1.15 bits per heavy atom. The van der Waals surface area contributed by atoms with E-state index in [9.17, 15) is 0 Å². The predicted molar refractivity (Wildman–Crippen MR) is 79.9 cm³/mol. The average molecular weight is 288 g/mol. The molecule has 2 N–H and O–H groups in total. The Labute approximate surface area is 121 Å². The van der Waals surface area contributed by atoms with Crippen LogP contribution in [0.15, 0.2) is 24.4 Å². The largest absolute Gasteiger partial charge is 0.365 e. The lowest BCUT2D eigenvalue weighted by atomic mass is 10.2. The molecule has 0 spiro atoms. The molecule has 102 valence electrons. The van der Waals surface area contributed by atoms with Crippen molar-refractivity contribution in [3.8, 4) is 0 Å². The number of halogens is 1. The lowest BCUT2D eigenvalue weighted by Gasteiger charge is -2.08. The van der Waals surface area contributed by atoms with Gasteiger partial charge in [-0.25, -0.2) is 4.98 Å². The molecular weight excluding hydrogens is 274 g/mol. The molecule has 0 aliphatic carbocycles. The summed E-state index contributed by atoms with van der Waals surface area (Å²) in [5.41, 5.74) is 3.91. The Morgan fingerprint density at radius 2 is 1.90 bits per heavy atom. The highest BCUT2D eigenvalue weighted by molar-refractivity contribution is 6.28. The van der Waals surface area contributed by atoms with Gasteiger partial charge < -0.3 is 10.3 Å². The summed E-state index contributed by atoms with van der Waals surface area (Å²) in [4.78, 5) is 15.8. The minimum absolute atomic E-state index is 0.226. The van der Waals surface area contributed by atoms with Crippen LogP contribution in [0.1, 0.15) is 17.0 Å². The molecule has 0 radical (unpaired) electrons. The first kappa shape index (κ1) is 12.9. The van der Waals surface area contributed by atoms with Crippen molar-refractivity contribution in [1.29, 1.82) is 0 Å². The third-order valence-electron chi connectivity index (χ3n) is 2.99. The number of aromatic nitrogens is 4. The van der Waals surface area contributed by atoms with Gasteiger partial charge >= 0.3 is 0 Å². The van der Waals surface area contributed by atoms with Gasteiger partial charge in [-0.3, -0.25) is 4.98 Å². The number of nitrogens with one attached hydrogen (secondary N) is 2. The first-order valence-corrected chi connectivity index (χ1v) is 6.68. The van der Waals surface area contributed by atoms with Gasteiger partial charge in [-0.2, -0.15) is 4.98 Å². The standard InChI is InChI=1S/C14H14ClN5/c1-8-5-10(6-9(2)18-8)7-17-13-11-3-4-16-12(11)19-14(15)20-13/h3-6H,7H2,1-2H3,(H2,16,17,19,20). The molecule has 0 aromatic carbocycles. The molecule has 0 bridgehead atoms. The molecule has 0 saturated carbocycles. The third-order valence-corrected chi connectivity index (χ3v) is 3.16. The summed E-state index contributed by atoms with van der Waals surface area (Å²) in [6, 6.07) is 6.03. The van der Waals surface area contributed by atoms with E-state index in [2.05, 4.69) is 37.4 Å². The number of pyridine rings is 1. The number of nitrogens with zero attached hydrogens (tertiary/aromatic N) is 3. The lowest BCUT2D eigenvalue weighted by Crippen LogP contribution is -2.04. The van der Waals surface area contributed by atoms with Crippen molar-refractivity contribution in [3.63, 3.8) is 0 Å².